The molecule has 0 aliphatic heterocycles. The molecule has 192 valence electrons. The topological polar surface area (TPSA) is 96.0 Å². The number of nitrogens with zero attached hydrogens (tertiary/aromatic N) is 2. The zero-order valence-corrected chi connectivity index (χ0v) is 22.0. The standard InChI is InChI=1S/C26H37N3O5S/c1-20(2)18-27-26(31)21(3)28(19-22-13-15-24(34-4)16-14-22)25(30)12-9-17-29(35(5,32)33)23-10-7-6-8-11-23/h6-8,10-11,13-16,20-21H,9,12,17-19H2,1-5H3,(H,27,31)/t21-/m1/s1. The van der Waals surface area contributed by atoms with Gasteiger partial charge in [-0.25, -0.2) is 8.42 Å². The average molecular weight is 504 g/mol. The van der Waals surface area contributed by atoms with Crippen molar-refractivity contribution in [3.63, 3.8) is 0 Å². The van der Waals surface area contributed by atoms with E-state index >= 15 is 0 Å². The number of para-hydroxylation sites is 1. The van der Waals surface area contributed by atoms with Crippen LogP contribution in [0.25, 0.3) is 0 Å². The Labute approximate surface area is 209 Å². The predicted octanol–water partition coefficient (Wildman–Crippen LogP) is 3.43. The van der Waals surface area contributed by atoms with Crippen molar-refractivity contribution in [2.45, 2.75) is 46.2 Å². The molecular weight excluding hydrogens is 466 g/mol. The molecule has 0 aliphatic carbocycles. The Bertz CT molecular complexity index is 1060. The lowest BCUT2D eigenvalue weighted by Gasteiger charge is -2.29. The van der Waals surface area contributed by atoms with Crippen LogP contribution in [0.5, 0.6) is 5.75 Å². The molecular formula is C26H37N3O5S. The molecule has 0 aliphatic rings. The van der Waals surface area contributed by atoms with Crippen molar-refractivity contribution in [3.05, 3.63) is 60.2 Å². The molecule has 0 bridgehead atoms. The molecule has 2 aromatic carbocycles. The van der Waals surface area contributed by atoms with Gasteiger partial charge in [0.1, 0.15) is 11.8 Å². The van der Waals surface area contributed by atoms with Crippen LogP contribution in [0.1, 0.15) is 39.2 Å². The minimum atomic E-state index is -3.50. The number of hydrogen-bond acceptors (Lipinski definition) is 5. The van der Waals surface area contributed by atoms with Gasteiger partial charge >= 0.3 is 0 Å². The second kappa shape index (κ2) is 13.1. The lowest BCUT2D eigenvalue weighted by Crippen LogP contribution is -2.48. The molecule has 2 rings (SSSR count). The Kier molecular flexibility index (Phi) is 10.6. The van der Waals surface area contributed by atoms with Gasteiger partial charge in [0.25, 0.3) is 0 Å². The average Bonchev–Trinajstić information content (AvgIpc) is 2.83. The monoisotopic (exact) mass is 503 g/mol. The Morgan fingerprint density at radius 1 is 1.00 bits per heavy atom. The van der Waals surface area contributed by atoms with E-state index in [-0.39, 0.29) is 37.2 Å². The van der Waals surface area contributed by atoms with Crippen molar-refractivity contribution < 1.29 is 22.7 Å². The Balaban J connectivity index is 2.14. The van der Waals surface area contributed by atoms with Gasteiger partial charge in [0, 0.05) is 26.1 Å². The first-order valence-electron chi connectivity index (χ1n) is 11.8. The number of nitrogens with one attached hydrogen (secondary N) is 1. The quantitative estimate of drug-likeness (QED) is 0.452. The maximum absolute atomic E-state index is 13.3. The molecule has 2 amide bonds. The summed E-state index contributed by atoms with van der Waals surface area (Å²) in [6, 6.07) is 15.5. The van der Waals surface area contributed by atoms with Crippen LogP contribution < -0.4 is 14.4 Å². The van der Waals surface area contributed by atoms with E-state index in [1.165, 1.54) is 4.31 Å². The number of carbonyl (C=O) groups excluding carboxylic acids is 2. The fraction of sp³-hybridized carbons (Fsp3) is 0.462. The molecule has 2 aromatic rings. The van der Waals surface area contributed by atoms with Crippen LogP contribution in [-0.2, 0) is 26.2 Å². The highest BCUT2D eigenvalue weighted by molar-refractivity contribution is 7.92. The fourth-order valence-corrected chi connectivity index (χ4v) is 4.53. The number of amides is 2. The predicted molar refractivity (Wildman–Crippen MR) is 139 cm³/mol. The van der Waals surface area contributed by atoms with E-state index in [1.54, 1.807) is 43.2 Å². The molecule has 1 N–H and O–H groups in total. The van der Waals surface area contributed by atoms with Gasteiger partial charge in [0.15, 0.2) is 0 Å². The molecule has 0 heterocycles. The van der Waals surface area contributed by atoms with Crippen molar-refractivity contribution in [1.29, 1.82) is 0 Å². The molecule has 35 heavy (non-hydrogen) atoms. The zero-order valence-electron chi connectivity index (χ0n) is 21.2. The highest BCUT2D eigenvalue weighted by Gasteiger charge is 2.26. The van der Waals surface area contributed by atoms with E-state index in [1.807, 2.05) is 44.2 Å². The third kappa shape index (κ3) is 8.90. The Hall–Kier alpha value is -3.07. The number of anilines is 1. The largest absolute Gasteiger partial charge is 0.497 e. The number of ether oxygens (including phenoxy) is 1. The van der Waals surface area contributed by atoms with E-state index < -0.39 is 16.1 Å². The van der Waals surface area contributed by atoms with E-state index in [4.69, 9.17) is 4.74 Å². The third-order valence-corrected chi connectivity index (χ3v) is 6.75. The first kappa shape index (κ1) is 28.2. The SMILES string of the molecule is COc1ccc(CN(C(=O)CCCN(c2ccccc2)S(C)(=O)=O)[C@H](C)C(=O)NCC(C)C)cc1. The smallest absolute Gasteiger partial charge is 0.242 e. The molecule has 0 unspecified atom stereocenters. The highest BCUT2D eigenvalue weighted by atomic mass is 32.2. The molecule has 0 aromatic heterocycles. The van der Waals surface area contributed by atoms with Crippen LogP contribution in [0.4, 0.5) is 5.69 Å². The lowest BCUT2D eigenvalue weighted by atomic mass is 10.1. The van der Waals surface area contributed by atoms with Crippen LogP contribution in [0, 0.1) is 5.92 Å². The van der Waals surface area contributed by atoms with Gasteiger partial charge in [0.05, 0.1) is 19.1 Å². The Morgan fingerprint density at radius 2 is 1.63 bits per heavy atom. The zero-order chi connectivity index (χ0) is 26.0. The van der Waals surface area contributed by atoms with Crippen molar-refractivity contribution in [1.82, 2.24) is 10.2 Å². The summed E-state index contributed by atoms with van der Waals surface area (Å²) in [4.78, 5) is 27.6. The molecule has 1 atom stereocenters. The number of carbonyl (C=O) groups is 2. The first-order valence-corrected chi connectivity index (χ1v) is 13.6. The maximum Gasteiger partial charge on any atom is 0.242 e. The summed E-state index contributed by atoms with van der Waals surface area (Å²) in [5, 5.41) is 2.90. The summed E-state index contributed by atoms with van der Waals surface area (Å²) in [5.41, 5.74) is 1.42. The number of hydrogen-bond donors (Lipinski definition) is 1. The van der Waals surface area contributed by atoms with Crippen molar-refractivity contribution in [2.24, 2.45) is 5.92 Å². The van der Waals surface area contributed by atoms with Gasteiger partial charge in [-0.3, -0.25) is 13.9 Å². The van der Waals surface area contributed by atoms with Gasteiger partial charge in [-0.15, -0.1) is 0 Å². The molecule has 0 fully saturated rings. The second-order valence-electron chi connectivity index (χ2n) is 8.96. The summed E-state index contributed by atoms with van der Waals surface area (Å²) in [7, 11) is -1.92. The van der Waals surface area contributed by atoms with Crippen LogP contribution in [0.15, 0.2) is 54.6 Å². The minimum Gasteiger partial charge on any atom is -0.497 e. The molecule has 0 saturated heterocycles. The van der Waals surface area contributed by atoms with E-state index in [0.717, 1.165) is 11.8 Å². The van der Waals surface area contributed by atoms with Gasteiger partial charge in [-0.2, -0.15) is 0 Å². The highest BCUT2D eigenvalue weighted by Crippen LogP contribution is 2.19. The molecule has 9 heteroatoms. The molecule has 8 nitrogen and oxygen atoms in total. The van der Waals surface area contributed by atoms with E-state index in [0.29, 0.717) is 24.4 Å². The van der Waals surface area contributed by atoms with Crippen molar-refractivity contribution >= 4 is 27.5 Å². The maximum atomic E-state index is 13.3. The summed E-state index contributed by atoms with van der Waals surface area (Å²) in [5.74, 6) is 0.560. The fourth-order valence-electron chi connectivity index (χ4n) is 3.56. The summed E-state index contributed by atoms with van der Waals surface area (Å²) in [6.07, 6.45) is 1.58. The first-order chi connectivity index (χ1) is 16.5. The van der Waals surface area contributed by atoms with Gasteiger partial charge < -0.3 is 15.0 Å². The van der Waals surface area contributed by atoms with Crippen molar-refractivity contribution in [3.8, 4) is 5.75 Å². The Morgan fingerprint density at radius 3 is 2.17 bits per heavy atom. The number of benzene rings is 2. The summed E-state index contributed by atoms with van der Waals surface area (Å²) in [6.45, 7) is 6.67. The van der Waals surface area contributed by atoms with Crippen LogP contribution in [0.2, 0.25) is 0 Å². The second-order valence-corrected chi connectivity index (χ2v) is 10.9. The van der Waals surface area contributed by atoms with Gasteiger partial charge in [-0.05, 0) is 49.1 Å². The lowest BCUT2D eigenvalue weighted by molar-refractivity contribution is -0.140. The normalized spacial score (nSPS) is 12.2. The van der Waals surface area contributed by atoms with E-state index in [2.05, 4.69) is 5.32 Å². The number of methoxy groups -OCH3 is 1. The third-order valence-electron chi connectivity index (χ3n) is 5.56. The summed E-state index contributed by atoms with van der Waals surface area (Å²) >= 11 is 0. The van der Waals surface area contributed by atoms with Crippen LogP contribution in [-0.4, -0.2) is 57.6 Å². The molecule has 0 radical (unpaired) electrons. The van der Waals surface area contributed by atoms with Gasteiger partial charge in [0.2, 0.25) is 21.8 Å². The van der Waals surface area contributed by atoms with Crippen LogP contribution >= 0.6 is 0 Å². The number of sulfonamides is 1. The minimum absolute atomic E-state index is 0.108. The number of rotatable bonds is 13. The molecule has 0 saturated carbocycles. The molecule has 0 spiro atoms. The summed E-state index contributed by atoms with van der Waals surface area (Å²) < 4.78 is 31.2. The van der Waals surface area contributed by atoms with Crippen LogP contribution in [0.3, 0.4) is 0 Å². The van der Waals surface area contributed by atoms with Gasteiger partial charge in [-0.1, -0.05) is 44.2 Å². The van der Waals surface area contributed by atoms with Crippen molar-refractivity contribution in [2.75, 3.05) is 30.8 Å². The van der Waals surface area contributed by atoms with E-state index in [9.17, 15) is 18.0 Å².